The maximum Gasteiger partial charge on any atom is 0.251 e. The second-order valence-corrected chi connectivity index (χ2v) is 11.0. The molecular formula is C31H33N7O. The van der Waals surface area contributed by atoms with Crippen LogP contribution in [-0.2, 0) is 4.79 Å². The minimum Gasteiger partial charge on any atom is -0.365 e. The molecule has 2 aliphatic heterocycles. The van der Waals surface area contributed by atoms with Crippen LogP contribution in [0.3, 0.4) is 0 Å². The Labute approximate surface area is 229 Å². The van der Waals surface area contributed by atoms with E-state index in [1.165, 1.54) is 0 Å². The van der Waals surface area contributed by atoms with Crippen molar-refractivity contribution in [3.8, 4) is 28.5 Å². The van der Waals surface area contributed by atoms with E-state index in [1.54, 1.807) is 18.6 Å². The Morgan fingerprint density at radius 2 is 1.90 bits per heavy atom. The zero-order valence-corrected chi connectivity index (χ0v) is 22.8. The predicted molar refractivity (Wildman–Crippen MR) is 156 cm³/mol. The number of aromatic nitrogens is 2. The number of nitrogens with zero attached hydrogens (tertiary/aromatic N) is 5. The van der Waals surface area contributed by atoms with Crippen molar-refractivity contribution >= 4 is 23.6 Å². The number of benzene rings is 2. The summed E-state index contributed by atoms with van der Waals surface area (Å²) in [5.41, 5.74) is 5.70. The van der Waals surface area contributed by atoms with Crippen molar-refractivity contribution in [3.63, 3.8) is 0 Å². The smallest absolute Gasteiger partial charge is 0.251 e. The first-order valence-electron chi connectivity index (χ1n) is 13.2. The lowest BCUT2D eigenvalue weighted by molar-refractivity contribution is -0.113. The van der Waals surface area contributed by atoms with E-state index in [1.807, 2.05) is 50.2 Å². The average molecular weight is 520 g/mol. The predicted octanol–water partition coefficient (Wildman–Crippen LogP) is 5.10. The number of nitriles is 1. The third-order valence-corrected chi connectivity index (χ3v) is 7.42. The highest BCUT2D eigenvalue weighted by atomic mass is 16.1. The van der Waals surface area contributed by atoms with Gasteiger partial charge in [-0.3, -0.25) is 9.79 Å². The van der Waals surface area contributed by atoms with Crippen molar-refractivity contribution in [3.05, 3.63) is 72.1 Å². The first-order valence-corrected chi connectivity index (χ1v) is 13.2. The third-order valence-electron chi connectivity index (χ3n) is 7.42. The van der Waals surface area contributed by atoms with Crippen LogP contribution in [0.2, 0.25) is 0 Å². The number of dihydropyridines is 1. The number of allylic oxidation sites excluding steroid dienone is 1. The van der Waals surface area contributed by atoms with Gasteiger partial charge in [-0.15, -0.1) is 0 Å². The van der Waals surface area contributed by atoms with Gasteiger partial charge in [0.25, 0.3) is 5.91 Å². The van der Waals surface area contributed by atoms with Gasteiger partial charge >= 0.3 is 0 Å². The van der Waals surface area contributed by atoms with Crippen LogP contribution in [-0.4, -0.2) is 59.2 Å². The van der Waals surface area contributed by atoms with E-state index >= 15 is 0 Å². The first-order chi connectivity index (χ1) is 18.7. The molecule has 2 aromatic carbocycles. The van der Waals surface area contributed by atoms with Gasteiger partial charge in [-0.1, -0.05) is 24.3 Å². The molecule has 0 spiro atoms. The van der Waals surface area contributed by atoms with E-state index in [0.717, 1.165) is 46.9 Å². The van der Waals surface area contributed by atoms with Gasteiger partial charge in [-0.05, 0) is 68.8 Å². The SMILES string of the molecule is Cc1ccc(NC(=O)C2=CC=NC(C(C)(C)C#N)C2)cc1-c1cccc(-c2cc(NC3CN(C)C3)ncn2)c1. The molecule has 0 saturated carbocycles. The number of carbonyl (C=O) groups excluding carboxylic acids is 1. The molecule has 1 aromatic heterocycles. The van der Waals surface area contributed by atoms with Gasteiger partial charge in [0.15, 0.2) is 0 Å². The zero-order chi connectivity index (χ0) is 27.6. The van der Waals surface area contributed by atoms with Crippen LogP contribution in [0, 0.1) is 23.7 Å². The Morgan fingerprint density at radius 1 is 1.10 bits per heavy atom. The summed E-state index contributed by atoms with van der Waals surface area (Å²) >= 11 is 0. The molecular weight excluding hydrogens is 486 g/mol. The molecule has 0 radical (unpaired) electrons. The lowest BCUT2D eigenvalue weighted by atomic mass is 9.81. The largest absolute Gasteiger partial charge is 0.365 e. The van der Waals surface area contributed by atoms with E-state index in [9.17, 15) is 10.1 Å². The average Bonchev–Trinajstić information content (AvgIpc) is 2.93. The van der Waals surface area contributed by atoms with E-state index in [2.05, 4.69) is 62.7 Å². The van der Waals surface area contributed by atoms with Crippen molar-refractivity contribution in [2.75, 3.05) is 30.8 Å². The fraction of sp³-hybridized carbons (Fsp3) is 0.323. The molecule has 198 valence electrons. The summed E-state index contributed by atoms with van der Waals surface area (Å²) in [5.74, 6) is 0.647. The molecule has 1 saturated heterocycles. The van der Waals surface area contributed by atoms with Crippen LogP contribution in [0.1, 0.15) is 25.8 Å². The minimum atomic E-state index is -0.646. The van der Waals surface area contributed by atoms with Crippen LogP contribution < -0.4 is 10.6 Å². The summed E-state index contributed by atoms with van der Waals surface area (Å²) < 4.78 is 0. The number of hydrogen-bond acceptors (Lipinski definition) is 7. The van der Waals surface area contributed by atoms with E-state index < -0.39 is 5.41 Å². The van der Waals surface area contributed by atoms with Crippen molar-refractivity contribution in [1.82, 2.24) is 14.9 Å². The molecule has 39 heavy (non-hydrogen) atoms. The van der Waals surface area contributed by atoms with Gasteiger partial charge in [0.2, 0.25) is 0 Å². The van der Waals surface area contributed by atoms with Crippen LogP contribution in [0.25, 0.3) is 22.4 Å². The van der Waals surface area contributed by atoms with Gasteiger partial charge in [-0.2, -0.15) is 5.26 Å². The Morgan fingerprint density at radius 3 is 2.67 bits per heavy atom. The van der Waals surface area contributed by atoms with Crippen LogP contribution in [0.15, 0.2) is 71.5 Å². The molecule has 0 aliphatic carbocycles. The zero-order valence-electron chi connectivity index (χ0n) is 22.8. The standard InChI is InChI=1S/C31H33N7O/c1-20-8-9-24(37-30(39)23-10-11-33-28(13-23)31(2,3)18-32)14-26(20)21-6-5-7-22(12-21)27-15-29(35-19-34-27)36-25-16-38(4)17-25/h5-12,14-15,19,25,28H,13,16-17H2,1-4H3,(H,37,39)(H,34,35,36). The third kappa shape index (κ3) is 5.89. The van der Waals surface area contributed by atoms with Gasteiger partial charge in [0, 0.05) is 48.6 Å². The minimum absolute atomic E-state index is 0.179. The molecule has 0 bridgehead atoms. The quantitative estimate of drug-likeness (QED) is 0.450. The number of rotatable bonds is 7. The molecule has 1 amide bonds. The van der Waals surface area contributed by atoms with Gasteiger partial charge in [-0.25, -0.2) is 9.97 Å². The van der Waals surface area contributed by atoms with Gasteiger partial charge in [0.05, 0.1) is 29.3 Å². The summed E-state index contributed by atoms with van der Waals surface area (Å²) in [6.07, 6.45) is 5.39. The van der Waals surface area contributed by atoms with Crippen LogP contribution in [0.5, 0.6) is 0 Å². The number of nitrogens with one attached hydrogen (secondary N) is 2. The molecule has 8 heteroatoms. The molecule has 2 aliphatic rings. The monoisotopic (exact) mass is 519 g/mol. The van der Waals surface area contributed by atoms with E-state index in [4.69, 9.17) is 0 Å². The second kappa shape index (κ2) is 10.8. The van der Waals surface area contributed by atoms with Crippen molar-refractivity contribution < 1.29 is 4.79 Å². The number of likely N-dealkylation sites (N-methyl/N-ethyl adjacent to an activating group) is 1. The Bertz CT molecular complexity index is 1490. The fourth-order valence-electron chi connectivity index (χ4n) is 4.91. The number of likely N-dealkylation sites (tertiary alicyclic amines) is 1. The van der Waals surface area contributed by atoms with Crippen molar-refractivity contribution in [1.29, 1.82) is 5.26 Å². The second-order valence-electron chi connectivity index (χ2n) is 11.0. The Kier molecular flexibility index (Phi) is 7.27. The number of anilines is 2. The number of aryl methyl sites for hydroxylation is 1. The van der Waals surface area contributed by atoms with Crippen LogP contribution >= 0.6 is 0 Å². The summed E-state index contributed by atoms with van der Waals surface area (Å²) in [6.45, 7) is 7.77. The summed E-state index contributed by atoms with van der Waals surface area (Å²) in [7, 11) is 2.10. The Balaban J connectivity index is 1.34. The highest BCUT2D eigenvalue weighted by Gasteiger charge is 2.32. The van der Waals surface area contributed by atoms with E-state index in [-0.39, 0.29) is 11.9 Å². The molecule has 1 fully saturated rings. The van der Waals surface area contributed by atoms with Crippen molar-refractivity contribution in [2.24, 2.45) is 10.4 Å². The number of amides is 1. The lowest BCUT2D eigenvalue weighted by Gasteiger charge is -2.36. The molecule has 1 atom stereocenters. The summed E-state index contributed by atoms with van der Waals surface area (Å²) in [4.78, 5) is 28.7. The number of aliphatic imine (C=N–C) groups is 1. The number of carbonyl (C=O) groups is 1. The fourth-order valence-corrected chi connectivity index (χ4v) is 4.91. The molecule has 3 aromatic rings. The Hall–Kier alpha value is -4.35. The molecule has 5 rings (SSSR count). The lowest BCUT2D eigenvalue weighted by Crippen LogP contribution is -2.52. The maximum atomic E-state index is 13.1. The molecule has 8 nitrogen and oxygen atoms in total. The molecule has 1 unspecified atom stereocenters. The summed E-state index contributed by atoms with van der Waals surface area (Å²) in [6, 6.07) is 18.6. The van der Waals surface area contributed by atoms with Gasteiger partial charge in [0.1, 0.15) is 12.1 Å². The van der Waals surface area contributed by atoms with E-state index in [0.29, 0.717) is 23.7 Å². The highest BCUT2D eigenvalue weighted by Crippen LogP contribution is 2.32. The van der Waals surface area contributed by atoms with Gasteiger partial charge < -0.3 is 15.5 Å². The molecule has 3 heterocycles. The molecule has 2 N–H and O–H groups in total. The first kappa shape index (κ1) is 26.3. The van der Waals surface area contributed by atoms with Crippen molar-refractivity contribution in [2.45, 2.75) is 39.3 Å². The maximum absolute atomic E-state index is 13.1. The van der Waals surface area contributed by atoms with Crippen LogP contribution in [0.4, 0.5) is 11.5 Å². The normalized spacial score (nSPS) is 17.6. The number of hydrogen-bond donors (Lipinski definition) is 2. The topological polar surface area (TPSA) is 106 Å². The summed E-state index contributed by atoms with van der Waals surface area (Å²) in [5, 5.41) is 16.0. The highest BCUT2D eigenvalue weighted by molar-refractivity contribution is 6.06.